The summed E-state index contributed by atoms with van der Waals surface area (Å²) in [6.45, 7) is 5.50. The van der Waals surface area contributed by atoms with E-state index in [1.807, 2.05) is 12.1 Å². The third kappa shape index (κ3) is 5.01. The van der Waals surface area contributed by atoms with E-state index in [-0.39, 0.29) is 5.91 Å². The number of amides is 1. The first-order valence-electron chi connectivity index (χ1n) is 10.4. The molecule has 4 rings (SSSR count). The van der Waals surface area contributed by atoms with E-state index in [1.54, 1.807) is 6.92 Å². The van der Waals surface area contributed by atoms with Crippen LogP contribution in [-0.2, 0) is 17.8 Å². The van der Waals surface area contributed by atoms with Crippen molar-refractivity contribution in [1.82, 2.24) is 14.8 Å². The molecule has 1 saturated heterocycles. The molecular weight excluding hydrogens is 382 g/mol. The van der Waals surface area contributed by atoms with Gasteiger partial charge in [-0.1, -0.05) is 35.9 Å². The van der Waals surface area contributed by atoms with Crippen molar-refractivity contribution in [3.8, 4) is 0 Å². The largest absolute Gasteiger partial charge is 0.352 e. The van der Waals surface area contributed by atoms with Crippen LogP contribution in [0.1, 0.15) is 36.9 Å². The Labute approximate surface area is 177 Å². The van der Waals surface area contributed by atoms with E-state index in [2.05, 4.69) is 57.4 Å². The molecule has 1 N–H and O–H groups in total. The molecule has 0 saturated carbocycles. The fraction of sp³-hybridized carbons (Fsp3) is 0.375. The van der Waals surface area contributed by atoms with Gasteiger partial charge in [0.15, 0.2) is 0 Å². The van der Waals surface area contributed by atoms with E-state index in [4.69, 9.17) is 11.6 Å². The lowest BCUT2D eigenvalue weighted by Crippen LogP contribution is -2.35. The number of hydrogen-bond donors (Lipinski definition) is 1. The molecule has 0 radical (unpaired) electrons. The topological polar surface area (TPSA) is 37.3 Å². The number of nitrogens with one attached hydrogen (secondary N) is 1. The maximum absolute atomic E-state index is 11.2. The fourth-order valence-electron chi connectivity index (χ4n) is 4.21. The Morgan fingerprint density at radius 3 is 2.52 bits per heavy atom. The van der Waals surface area contributed by atoms with Gasteiger partial charge in [-0.25, -0.2) is 0 Å². The van der Waals surface area contributed by atoms with E-state index in [0.717, 1.165) is 36.6 Å². The minimum atomic E-state index is 0.00597. The zero-order valence-corrected chi connectivity index (χ0v) is 17.7. The highest BCUT2D eigenvalue weighted by atomic mass is 35.5. The molecule has 1 fully saturated rings. The fourth-order valence-corrected chi connectivity index (χ4v) is 4.33. The zero-order chi connectivity index (χ0) is 20.2. The minimum Gasteiger partial charge on any atom is -0.352 e. The van der Waals surface area contributed by atoms with Crippen molar-refractivity contribution in [2.45, 2.75) is 38.8 Å². The molecule has 0 spiro atoms. The molecule has 3 aromatic rings. The Kier molecular flexibility index (Phi) is 6.22. The number of fused-ring (bicyclic) bond motifs is 1. The molecule has 29 heavy (non-hydrogen) atoms. The van der Waals surface area contributed by atoms with Crippen LogP contribution in [0.15, 0.2) is 54.7 Å². The summed E-state index contributed by atoms with van der Waals surface area (Å²) in [4.78, 5) is 13.8. The number of benzene rings is 2. The van der Waals surface area contributed by atoms with Crippen molar-refractivity contribution in [2.24, 2.45) is 0 Å². The third-order valence-electron chi connectivity index (χ3n) is 5.91. The van der Waals surface area contributed by atoms with Gasteiger partial charge in [-0.15, -0.1) is 0 Å². The summed E-state index contributed by atoms with van der Waals surface area (Å²) < 4.78 is 2.43. The van der Waals surface area contributed by atoms with Crippen molar-refractivity contribution in [3.63, 3.8) is 0 Å². The van der Waals surface area contributed by atoms with Gasteiger partial charge in [0.2, 0.25) is 5.91 Å². The molecule has 1 amide bonds. The van der Waals surface area contributed by atoms with Gasteiger partial charge in [0.1, 0.15) is 0 Å². The van der Waals surface area contributed by atoms with E-state index < -0.39 is 0 Å². The van der Waals surface area contributed by atoms with Crippen molar-refractivity contribution in [2.75, 3.05) is 19.6 Å². The van der Waals surface area contributed by atoms with Crippen molar-refractivity contribution >= 4 is 28.4 Å². The number of likely N-dealkylation sites (tertiary alicyclic amines) is 1. The van der Waals surface area contributed by atoms with Gasteiger partial charge < -0.3 is 14.8 Å². The first-order valence-corrected chi connectivity index (χ1v) is 10.8. The van der Waals surface area contributed by atoms with Crippen LogP contribution >= 0.6 is 11.6 Å². The number of hydrogen-bond acceptors (Lipinski definition) is 2. The van der Waals surface area contributed by atoms with E-state index >= 15 is 0 Å². The van der Waals surface area contributed by atoms with Crippen molar-refractivity contribution in [3.05, 3.63) is 70.9 Å². The predicted molar refractivity (Wildman–Crippen MR) is 119 cm³/mol. The number of carbonyl (C=O) groups is 1. The number of aromatic nitrogens is 1. The van der Waals surface area contributed by atoms with Crippen LogP contribution in [-0.4, -0.2) is 35.0 Å². The second-order valence-electron chi connectivity index (χ2n) is 7.98. The van der Waals surface area contributed by atoms with Gasteiger partial charge in [-0.2, -0.15) is 0 Å². The Morgan fingerprint density at radius 1 is 1.07 bits per heavy atom. The first-order chi connectivity index (χ1) is 14.1. The summed E-state index contributed by atoms with van der Waals surface area (Å²) in [6, 6.07) is 17.4. The second-order valence-corrected chi connectivity index (χ2v) is 8.41. The number of nitrogens with zero attached hydrogens (tertiary/aromatic N) is 2. The summed E-state index contributed by atoms with van der Waals surface area (Å²) in [7, 11) is 0. The van der Waals surface area contributed by atoms with Crippen LogP contribution < -0.4 is 5.32 Å². The maximum atomic E-state index is 11.2. The molecule has 1 aliphatic rings. The molecule has 1 aromatic heterocycles. The summed E-state index contributed by atoms with van der Waals surface area (Å²) >= 11 is 5.98. The Hall–Kier alpha value is -2.30. The minimum absolute atomic E-state index is 0.00597. The van der Waals surface area contributed by atoms with Crippen LogP contribution in [0.5, 0.6) is 0 Å². The summed E-state index contributed by atoms with van der Waals surface area (Å²) in [5.74, 6) is 0.00597. The van der Waals surface area contributed by atoms with Gasteiger partial charge in [0, 0.05) is 55.9 Å². The average Bonchev–Trinajstić information content (AvgIpc) is 3.15. The van der Waals surface area contributed by atoms with Gasteiger partial charge in [-0.3, -0.25) is 4.79 Å². The molecule has 1 aliphatic heterocycles. The first kappa shape index (κ1) is 20.0. The molecule has 5 heteroatoms. The summed E-state index contributed by atoms with van der Waals surface area (Å²) in [5, 5.41) is 4.96. The standard InChI is InChI=1S/C24H28ClN3O/c1-18(29)26-17-20-2-5-21-9-15-28(24(21)16-20)23-10-13-27(14-11-23)12-8-19-3-6-22(25)7-4-19/h2-7,9,15-16,23H,8,10-14,17H2,1H3,(H,26,29). The van der Waals surface area contributed by atoms with E-state index in [9.17, 15) is 4.79 Å². The highest BCUT2D eigenvalue weighted by molar-refractivity contribution is 6.30. The normalized spacial score (nSPS) is 15.7. The summed E-state index contributed by atoms with van der Waals surface area (Å²) in [6.07, 6.45) is 5.63. The number of rotatable bonds is 6. The Bertz CT molecular complexity index is 971. The number of piperidine rings is 1. The molecule has 0 aliphatic carbocycles. The molecule has 0 bridgehead atoms. The third-order valence-corrected chi connectivity index (χ3v) is 6.16. The van der Waals surface area contributed by atoms with Crippen LogP contribution in [0, 0.1) is 0 Å². The average molecular weight is 410 g/mol. The van der Waals surface area contributed by atoms with Gasteiger partial charge in [-0.05, 0) is 60.0 Å². The van der Waals surface area contributed by atoms with E-state index in [0.29, 0.717) is 12.6 Å². The lowest BCUT2D eigenvalue weighted by atomic mass is 10.0. The molecule has 4 nitrogen and oxygen atoms in total. The van der Waals surface area contributed by atoms with Crippen molar-refractivity contribution < 1.29 is 4.79 Å². The zero-order valence-electron chi connectivity index (χ0n) is 16.9. The lowest BCUT2D eigenvalue weighted by Gasteiger charge is -2.33. The molecule has 0 atom stereocenters. The molecule has 2 heterocycles. The monoisotopic (exact) mass is 409 g/mol. The van der Waals surface area contributed by atoms with Crippen LogP contribution in [0.2, 0.25) is 5.02 Å². The van der Waals surface area contributed by atoms with E-state index in [1.165, 1.54) is 29.3 Å². The van der Waals surface area contributed by atoms with Gasteiger partial charge in [0.25, 0.3) is 0 Å². The highest BCUT2D eigenvalue weighted by Crippen LogP contribution is 2.28. The predicted octanol–water partition coefficient (Wildman–Crippen LogP) is 4.81. The smallest absolute Gasteiger partial charge is 0.217 e. The van der Waals surface area contributed by atoms with Crippen LogP contribution in [0.4, 0.5) is 0 Å². The van der Waals surface area contributed by atoms with Crippen LogP contribution in [0.3, 0.4) is 0 Å². The number of carbonyl (C=O) groups excluding carboxylic acids is 1. The molecule has 0 unspecified atom stereocenters. The summed E-state index contributed by atoms with van der Waals surface area (Å²) in [5.41, 5.74) is 3.76. The lowest BCUT2D eigenvalue weighted by molar-refractivity contribution is -0.119. The SMILES string of the molecule is CC(=O)NCc1ccc2ccn(C3CCN(CCc4ccc(Cl)cc4)CC3)c2c1. The van der Waals surface area contributed by atoms with Crippen LogP contribution in [0.25, 0.3) is 10.9 Å². The molecular formula is C24H28ClN3O. The van der Waals surface area contributed by atoms with Gasteiger partial charge in [0.05, 0.1) is 0 Å². The second kappa shape index (κ2) is 9.02. The van der Waals surface area contributed by atoms with Gasteiger partial charge >= 0.3 is 0 Å². The Balaban J connectivity index is 1.36. The number of halogens is 1. The quantitative estimate of drug-likeness (QED) is 0.634. The highest BCUT2D eigenvalue weighted by Gasteiger charge is 2.21. The van der Waals surface area contributed by atoms with Crippen molar-refractivity contribution in [1.29, 1.82) is 0 Å². The maximum Gasteiger partial charge on any atom is 0.217 e. The Morgan fingerprint density at radius 2 is 1.79 bits per heavy atom. The molecule has 2 aromatic carbocycles. The molecule has 152 valence electrons.